The van der Waals surface area contributed by atoms with E-state index in [-0.39, 0.29) is 18.4 Å². The molecule has 0 bridgehead atoms. The molecule has 0 atom stereocenters. The van der Waals surface area contributed by atoms with E-state index in [2.05, 4.69) is 10.6 Å². The van der Waals surface area contributed by atoms with Gasteiger partial charge < -0.3 is 25.0 Å². The molecule has 1 aromatic rings. The van der Waals surface area contributed by atoms with E-state index in [1.54, 1.807) is 20.8 Å². The Hall–Kier alpha value is -2.77. The normalized spacial score (nSPS) is 14.5. The van der Waals surface area contributed by atoms with Gasteiger partial charge >= 0.3 is 6.09 Å². The summed E-state index contributed by atoms with van der Waals surface area (Å²) in [6, 6.07) is 6.06. The fraction of sp³-hybridized carbons (Fsp3) is 0.640. The van der Waals surface area contributed by atoms with Crippen LogP contribution in [0.3, 0.4) is 0 Å². The predicted molar refractivity (Wildman–Crippen MR) is 127 cm³/mol. The molecule has 2 N–H and O–H groups in total. The Labute approximate surface area is 197 Å². The minimum atomic E-state index is -0.607. The monoisotopic (exact) mass is 461 g/mol. The SMILES string of the molecule is Cc1cccc(C)c1OCCCC(=O)N1CCC(CNC(=O)CNC(=O)OC(C)(C)C)CC1. The number of ether oxygens (including phenoxy) is 2. The van der Waals surface area contributed by atoms with Gasteiger partial charge in [0.15, 0.2) is 0 Å². The molecule has 0 radical (unpaired) electrons. The van der Waals surface area contributed by atoms with Crippen LogP contribution in [0.4, 0.5) is 4.79 Å². The zero-order valence-corrected chi connectivity index (χ0v) is 20.7. The standard InChI is InChI=1S/C25H39N3O5/c1-18-8-6-9-19(2)23(18)32-15-7-10-22(30)28-13-11-20(12-14-28)16-26-21(29)17-27-24(31)33-25(3,4)5/h6,8-9,20H,7,10-17H2,1-5H3,(H,26,29)(H,27,31). The summed E-state index contributed by atoms with van der Waals surface area (Å²) in [5.41, 5.74) is 1.62. The zero-order chi connectivity index (χ0) is 24.4. The van der Waals surface area contributed by atoms with Gasteiger partial charge in [-0.2, -0.15) is 0 Å². The van der Waals surface area contributed by atoms with Crippen LogP contribution in [-0.4, -0.2) is 61.2 Å². The maximum absolute atomic E-state index is 12.5. The number of likely N-dealkylation sites (tertiary alicyclic amines) is 1. The van der Waals surface area contributed by atoms with E-state index >= 15 is 0 Å². The van der Waals surface area contributed by atoms with E-state index in [1.165, 1.54) is 0 Å². The van der Waals surface area contributed by atoms with Crippen molar-refractivity contribution in [2.45, 2.75) is 65.9 Å². The van der Waals surface area contributed by atoms with Crippen LogP contribution in [0.15, 0.2) is 18.2 Å². The van der Waals surface area contributed by atoms with Gasteiger partial charge in [-0.15, -0.1) is 0 Å². The molecule has 0 saturated carbocycles. The number of nitrogens with one attached hydrogen (secondary N) is 2. The second-order valence-corrected chi connectivity index (χ2v) is 9.66. The largest absolute Gasteiger partial charge is 0.493 e. The number of hydrogen-bond acceptors (Lipinski definition) is 5. The molecule has 33 heavy (non-hydrogen) atoms. The molecule has 1 aliphatic rings. The Kier molecular flexibility index (Phi) is 10.0. The van der Waals surface area contributed by atoms with Crippen molar-refractivity contribution >= 4 is 17.9 Å². The van der Waals surface area contributed by atoms with Crippen LogP contribution in [0.1, 0.15) is 57.6 Å². The van der Waals surface area contributed by atoms with E-state index in [1.807, 2.05) is 36.9 Å². The number of aryl methyl sites for hydroxylation is 2. The second-order valence-electron chi connectivity index (χ2n) is 9.66. The second kappa shape index (κ2) is 12.5. The lowest BCUT2D eigenvalue weighted by molar-refractivity contribution is -0.133. The predicted octanol–water partition coefficient (Wildman–Crippen LogP) is 3.34. The third-order valence-electron chi connectivity index (χ3n) is 5.54. The molecule has 184 valence electrons. The van der Waals surface area contributed by atoms with Gasteiger partial charge in [-0.25, -0.2) is 4.79 Å². The van der Waals surface area contributed by atoms with Gasteiger partial charge in [-0.05, 0) is 70.9 Å². The third kappa shape index (κ3) is 9.72. The van der Waals surface area contributed by atoms with Crippen molar-refractivity contribution in [3.05, 3.63) is 29.3 Å². The highest BCUT2D eigenvalue weighted by atomic mass is 16.6. The Morgan fingerprint density at radius 1 is 1.06 bits per heavy atom. The van der Waals surface area contributed by atoms with Crippen molar-refractivity contribution in [1.29, 1.82) is 0 Å². The molecular formula is C25H39N3O5. The summed E-state index contributed by atoms with van der Waals surface area (Å²) in [5, 5.41) is 5.31. The fourth-order valence-corrected chi connectivity index (χ4v) is 3.76. The number of hydrogen-bond donors (Lipinski definition) is 2. The van der Waals surface area contributed by atoms with Crippen molar-refractivity contribution in [2.24, 2.45) is 5.92 Å². The highest BCUT2D eigenvalue weighted by Crippen LogP contribution is 2.23. The number of alkyl carbamates (subject to hydrolysis) is 1. The van der Waals surface area contributed by atoms with E-state index in [0.717, 1.165) is 29.7 Å². The molecule has 1 fully saturated rings. The number of amides is 3. The van der Waals surface area contributed by atoms with Crippen LogP contribution in [0.2, 0.25) is 0 Å². The van der Waals surface area contributed by atoms with Crippen molar-refractivity contribution in [1.82, 2.24) is 15.5 Å². The highest BCUT2D eigenvalue weighted by Gasteiger charge is 2.23. The van der Waals surface area contributed by atoms with Crippen LogP contribution in [0, 0.1) is 19.8 Å². The molecule has 1 aliphatic heterocycles. The summed E-state index contributed by atoms with van der Waals surface area (Å²) in [6.07, 6.45) is 2.26. The topological polar surface area (TPSA) is 97.0 Å². The summed E-state index contributed by atoms with van der Waals surface area (Å²) < 4.78 is 11.0. The Morgan fingerprint density at radius 2 is 1.70 bits per heavy atom. The number of carbonyl (C=O) groups is 3. The van der Waals surface area contributed by atoms with Crippen LogP contribution < -0.4 is 15.4 Å². The van der Waals surface area contributed by atoms with Crippen molar-refractivity contribution in [2.75, 3.05) is 32.8 Å². The maximum atomic E-state index is 12.5. The first-order valence-electron chi connectivity index (χ1n) is 11.8. The first-order chi connectivity index (χ1) is 15.5. The number of carbonyl (C=O) groups excluding carboxylic acids is 3. The number of rotatable bonds is 9. The Morgan fingerprint density at radius 3 is 2.30 bits per heavy atom. The Bertz CT molecular complexity index is 791. The summed E-state index contributed by atoms with van der Waals surface area (Å²) in [6.45, 7) is 11.7. The van der Waals surface area contributed by atoms with Gasteiger partial charge in [-0.3, -0.25) is 9.59 Å². The molecular weight excluding hydrogens is 422 g/mol. The maximum Gasteiger partial charge on any atom is 0.408 e. The Balaban J connectivity index is 1.58. The van der Waals surface area contributed by atoms with Gasteiger partial charge in [0.2, 0.25) is 11.8 Å². The minimum absolute atomic E-state index is 0.115. The molecule has 3 amide bonds. The van der Waals surface area contributed by atoms with Gasteiger partial charge in [-0.1, -0.05) is 18.2 Å². The lowest BCUT2D eigenvalue weighted by Gasteiger charge is -2.32. The average Bonchev–Trinajstić information content (AvgIpc) is 2.74. The van der Waals surface area contributed by atoms with Gasteiger partial charge in [0, 0.05) is 26.1 Å². The molecule has 8 heteroatoms. The lowest BCUT2D eigenvalue weighted by Crippen LogP contribution is -2.44. The number of nitrogens with zero attached hydrogens (tertiary/aromatic N) is 1. The number of para-hydroxylation sites is 1. The molecule has 1 heterocycles. The third-order valence-corrected chi connectivity index (χ3v) is 5.54. The van der Waals surface area contributed by atoms with E-state index in [9.17, 15) is 14.4 Å². The summed E-state index contributed by atoms with van der Waals surface area (Å²) in [4.78, 5) is 38.0. The van der Waals surface area contributed by atoms with Crippen LogP contribution in [-0.2, 0) is 14.3 Å². The van der Waals surface area contributed by atoms with E-state index in [0.29, 0.717) is 45.0 Å². The highest BCUT2D eigenvalue weighted by molar-refractivity contribution is 5.82. The molecule has 1 aromatic carbocycles. The van der Waals surface area contributed by atoms with Crippen LogP contribution in [0.5, 0.6) is 5.75 Å². The van der Waals surface area contributed by atoms with E-state index in [4.69, 9.17) is 9.47 Å². The number of piperidine rings is 1. The quantitative estimate of drug-likeness (QED) is 0.550. The average molecular weight is 462 g/mol. The van der Waals surface area contributed by atoms with Crippen molar-refractivity contribution in [3.8, 4) is 5.75 Å². The summed E-state index contributed by atoms with van der Waals surface area (Å²) in [7, 11) is 0. The molecule has 0 aromatic heterocycles. The zero-order valence-electron chi connectivity index (χ0n) is 20.7. The van der Waals surface area contributed by atoms with Gasteiger partial charge in [0.1, 0.15) is 11.4 Å². The lowest BCUT2D eigenvalue weighted by atomic mass is 9.96. The van der Waals surface area contributed by atoms with Crippen LogP contribution >= 0.6 is 0 Å². The molecule has 0 spiro atoms. The summed E-state index contributed by atoms with van der Waals surface area (Å²) in [5.74, 6) is 1.15. The molecule has 0 aliphatic carbocycles. The molecule has 2 rings (SSSR count). The summed E-state index contributed by atoms with van der Waals surface area (Å²) >= 11 is 0. The first-order valence-corrected chi connectivity index (χ1v) is 11.8. The van der Waals surface area contributed by atoms with Crippen molar-refractivity contribution in [3.63, 3.8) is 0 Å². The first kappa shape index (κ1) is 26.5. The smallest absolute Gasteiger partial charge is 0.408 e. The minimum Gasteiger partial charge on any atom is -0.493 e. The van der Waals surface area contributed by atoms with Gasteiger partial charge in [0.25, 0.3) is 0 Å². The molecule has 8 nitrogen and oxygen atoms in total. The fourth-order valence-electron chi connectivity index (χ4n) is 3.76. The van der Waals surface area contributed by atoms with Gasteiger partial charge in [0.05, 0.1) is 13.2 Å². The van der Waals surface area contributed by atoms with Crippen molar-refractivity contribution < 1.29 is 23.9 Å². The van der Waals surface area contributed by atoms with Crippen LogP contribution in [0.25, 0.3) is 0 Å². The number of benzene rings is 1. The molecule has 0 unspecified atom stereocenters. The molecule has 1 saturated heterocycles. The van der Waals surface area contributed by atoms with E-state index < -0.39 is 11.7 Å².